The second-order valence-electron chi connectivity index (χ2n) is 5.65. The number of hydrogen-bond donors (Lipinski definition) is 1. The number of ether oxygens (including phenoxy) is 2. The first kappa shape index (κ1) is 16.7. The molecule has 1 N–H and O–H groups in total. The summed E-state index contributed by atoms with van der Waals surface area (Å²) in [4.78, 5) is 10.7. The third-order valence-electron chi connectivity index (χ3n) is 3.91. The average molecular weight is 339 g/mol. The van der Waals surface area contributed by atoms with E-state index in [2.05, 4.69) is 5.32 Å². The van der Waals surface area contributed by atoms with E-state index in [-0.39, 0.29) is 23.8 Å². The maximum atomic E-state index is 11.2. The van der Waals surface area contributed by atoms with Gasteiger partial charge in [-0.1, -0.05) is 30.3 Å². The Morgan fingerprint density at radius 1 is 1.28 bits per heavy atom. The summed E-state index contributed by atoms with van der Waals surface area (Å²) < 4.78 is 11.6. The van der Waals surface area contributed by atoms with Crippen molar-refractivity contribution in [1.82, 2.24) is 5.32 Å². The van der Waals surface area contributed by atoms with Crippen molar-refractivity contribution in [2.75, 3.05) is 13.2 Å². The van der Waals surface area contributed by atoms with Gasteiger partial charge in [-0.2, -0.15) is 5.26 Å². The molecule has 2 aromatic rings. The number of rotatable bonds is 6. The Bertz CT molecular complexity index is 802. The van der Waals surface area contributed by atoms with Crippen molar-refractivity contribution in [2.45, 2.75) is 19.1 Å². The highest BCUT2D eigenvalue weighted by molar-refractivity contribution is 5.58. The van der Waals surface area contributed by atoms with Crippen molar-refractivity contribution in [3.05, 3.63) is 63.7 Å². The molecule has 0 fully saturated rings. The molecule has 2 aromatic carbocycles. The van der Waals surface area contributed by atoms with E-state index < -0.39 is 4.92 Å². The summed E-state index contributed by atoms with van der Waals surface area (Å²) in [6.07, 6.45) is -0.386. The summed E-state index contributed by atoms with van der Waals surface area (Å²) in [6.45, 7) is 1.56. The van der Waals surface area contributed by atoms with Gasteiger partial charge < -0.3 is 14.8 Å². The van der Waals surface area contributed by atoms with Gasteiger partial charge in [0.1, 0.15) is 12.7 Å². The molecule has 0 saturated carbocycles. The van der Waals surface area contributed by atoms with Crippen LogP contribution in [0.25, 0.3) is 0 Å². The van der Waals surface area contributed by atoms with Crippen LogP contribution in [-0.4, -0.2) is 24.2 Å². The number of hydrogen-bond acceptors (Lipinski definition) is 6. The fourth-order valence-electron chi connectivity index (χ4n) is 2.72. The first-order valence-corrected chi connectivity index (χ1v) is 7.90. The number of nitro groups is 1. The van der Waals surface area contributed by atoms with Gasteiger partial charge in [0.05, 0.1) is 23.0 Å². The van der Waals surface area contributed by atoms with E-state index in [0.29, 0.717) is 31.2 Å². The van der Waals surface area contributed by atoms with Crippen molar-refractivity contribution in [3.8, 4) is 17.6 Å². The molecule has 1 heterocycles. The van der Waals surface area contributed by atoms with Crippen LogP contribution in [0.1, 0.15) is 11.1 Å². The molecule has 1 unspecified atom stereocenters. The quantitative estimate of drug-likeness (QED) is 0.642. The molecule has 128 valence electrons. The van der Waals surface area contributed by atoms with Crippen LogP contribution < -0.4 is 14.8 Å². The van der Waals surface area contributed by atoms with Crippen molar-refractivity contribution >= 4 is 5.69 Å². The molecule has 1 aliphatic rings. The molecule has 25 heavy (non-hydrogen) atoms. The van der Waals surface area contributed by atoms with E-state index in [1.165, 1.54) is 12.1 Å². The molecule has 0 spiro atoms. The summed E-state index contributed by atoms with van der Waals surface area (Å²) in [5.74, 6) is 0.740. The molecule has 0 aromatic heterocycles. The summed E-state index contributed by atoms with van der Waals surface area (Å²) in [6, 6.07) is 14.8. The Labute approximate surface area is 144 Å². The minimum Gasteiger partial charge on any atom is -0.486 e. The molecule has 0 amide bonds. The third-order valence-corrected chi connectivity index (χ3v) is 3.91. The zero-order valence-corrected chi connectivity index (χ0v) is 13.5. The normalized spacial score (nSPS) is 15.4. The fourth-order valence-corrected chi connectivity index (χ4v) is 2.72. The smallest absolute Gasteiger partial charge is 0.277 e. The standard InChI is InChI=1S/C18H17N3O4/c19-9-8-15-16(21(22)23)6-7-17-18(15)25-14(12-24-17)11-20-10-13-4-2-1-3-5-13/h1-7,14,20H,8,10-12H2. The summed E-state index contributed by atoms with van der Waals surface area (Å²) in [7, 11) is 0. The lowest BCUT2D eigenvalue weighted by Gasteiger charge is -2.28. The van der Waals surface area contributed by atoms with Crippen LogP contribution in [0.5, 0.6) is 11.5 Å². The summed E-state index contributed by atoms with van der Waals surface area (Å²) in [5, 5.41) is 23.4. The van der Waals surface area contributed by atoms with Crippen molar-refractivity contribution in [2.24, 2.45) is 0 Å². The SMILES string of the molecule is N#CCc1c([N+](=O)[O-])ccc2c1OC(CNCc1ccccc1)CO2. The maximum absolute atomic E-state index is 11.2. The van der Waals surface area contributed by atoms with Gasteiger partial charge in [-0.25, -0.2) is 0 Å². The Hall–Kier alpha value is -3.11. The highest BCUT2D eigenvalue weighted by Gasteiger charge is 2.28. The van der Waals surface area contributed by atoms with Crippen LogP contribution in [0.4, 0.5) is 5.69 Å². The molecular formula is C18H17N3O4. The second kappa shape index (κ2) is 7.64. The van der Waals surface area contributed by atoms with Crippen LogP contribution in [-0.2, 0) is 13.0 Å². The largest absolute Gasteiger partial charge is 0.486 e. The summed E-state index contributed by atoms with van der Waals surface area (Å²) >= 11 is 0. The van der Waals surface area contributed by atoms with E-state index in [4.69, 9.17) is 14.7 Å². The van der Waals surface area contributed by atoms with Crippen molar-refractivity contribution < 1.29 is 14.4 Å². The minimum absolute atomic E-state index is 0.104. The number of nitrogens with one attached hydrogen (secondary N) is 1. The van der Waals surface area contributed by atoms with Crippen LogP contribution in [0.3, 0.4) is 0 Å². The van der Waals surface area contributed by atoms with Crippen LogP contribution in [0.2, 0.25) is 0 Å². The van der Waals surface area contributed by atoms with Gasteiger partial charge in [0.25, 0.3) is 5.69 Å². The van der Waals surface area contributed by atoms with Crippen LogP contribution in [0, 0.1) is 21.4 Å². The van der Waals surface area contributed by atoms with Crippen LogP contribution >= 0.6 is 0 Å². The van der Waals surface area contributed by atoms with Gasteiger partial charge in [-0.3, -0.25) is 10.1 Å². The highest BCUT2D eigenvalue weighted by atomic mass is 16.6. The zero-order chi connectivity index (χ0) is 17.6. The molecule has 0 aliphatic carbocycles. The topological polar surface area (TPSA) is 97.4 Å². The zero-order valence-electron chi connectivity index (χ0n) is 13.5. The first-order chi connectivity index (χ1) is 12.2. The van der Waals surface area contributed by atoms with Crippen LogP contribution in [0.15, 0.2) is 42.5 Å². The molecule has 7 nitrogen and oxygen atoms in total. The van der Waals surface area contributed by atoms with Gasteiger partial charge in [-0.05, 0) is 11.6 Å². The lowest BCUT2D eigenvalue weighted by molar-refractivity contribution is -0.385. The molecule has 1 aliphatic heterocycles. The molecule has 3 rings (SSSR count). The van der Waals surface area contributed by atoms with E-state index >= 15 is 0 Å². The Balaban J connectivity index is 1.70. The second-order valence-corrected chi connectivity index (χ2v) is 5.65. The van der Waals surface area contributed by atoms with Gasteiger partial charge in [-0.15, -0.1) is 0 Å². The number of fused-ring (bicyclic) bond motifs is 1. The molecular weight excluding hydrogens is 322 g/mol. The average Bonchev–Trinajstić information content (AvgIpc) is 2.63. The highest BCUT2D eigenvalue weighted by Crippen LogP contribution is 2.40. The Morgan fingerprint density at radius 2 is 2.08 bits per heavy atom. The van der Waals surface area contributed by atoms with Gasteiger partial charge >= 0.3 is 0 Å². The Kier molecular flexibility index (Phi) is 5.11. The maximum Gasteiger partial charge on any atom is 0.277 e. The minimum atomic E-state index is -0.506. The lowest BCUT2D eigenvalue weighted by atomic mass is 10.1. The number of nitro benzene ring substituents is 1. The van der Waals surface area contributed by atoms with Gasteiger partial charge in [0, 0.05) is 19.2 Å². The monoisotopic (exact) mass is 339 g/mol. The van der Waals surface area contributed by atoms with E-state index in [9.17, 15) is 10.1 Å². The van der Waals surface area contributed by atoms with E-state index in [0.717, 1.165) is 5.56 Å². The fraction of sp³-hybridized carbons (Fsp3) is 0.278. The Morgan fingerprint density at radius 3 is 2.80 bits per heavy atom. The molecule has 0 saturated heterocycles. The third kappa shape index (κ3) is 3.87. The molecule has 0 bridgehead atoms. The van der Waals surface area contributed by atoms with E-state index in [1.807, 2.05) is 36.4 Å². The number of nitriles is 1. The van der Waals surface area contributed by atoms with E-state index in [1.54, 1.807) is 0 Å². The molecule has 0 radical (unpaired) electrons. The lowest BCUT2D eigenvalue weighted by Crippen LogP contribution is -2.38. The predicted octanol–water partition coefficient (Wildman–Crippen LogP) is 2.59. The molecule has 1 atom stereocenters. The molecule has 7 heteroatoms. The number of benzene rings is 2. The summed E-state index contributed by atoms with van der Waals surface area (Å²) in [5.41, 5.74) is 1.29. The van der Waals surface area contributed by atoms with Crippen molar-refractivity contribution in [1.29, 1.82) is 5.26 Å². The predicted molar refractivity (Wildman–Crippen MR) is 90.5 cm³/mol. The first-order valence-electron chi connectivity index (χ1n) is 7.90. The van der Waals surface area contributed by atoms with Gasteiger partial charge in [0.2, 0.25) is 0 Å². The van der Waals surface area contributed by atoms with Gasteiger partial charge in [0.15, 0.2) is 11.5 Å². The number of nitrogens with zero attached hydrogens (tertiary/aromatic N) is 2. The van der Waals surface area contributed by atoms with Crippen molar-refractivity contribution in [3.63, 3.8) is 0 Å².